The van der Waals surface area contributed by atoms with Crippen LogP contribution < -0.4 is 0 Å². The highest BCUT2D eigenvalue weighted by atomic mass is 16.7. The first-order valence-corrected chi connectivity index (χ1v) is 1.38. The van der Waals surface area contributed by atoms with Gasteiger partial charge in [-0.15, -0.1) is 4.79 Å². The number of rotatable bonds is 0. The fraction of sp³-hybridized carbons (Fsp3) is 0. The van der Waals surface area contributed by atoms with E-state index in [1.807, 2.05) is 0 Å². The maximum atomic E-state index is 9.44. The second-order valence-corrected chi connectivity index (χ2v) is 0.797. The van der Waals surface area contributed by atoms with E-state index in [9.17, 15) is 4.79 Å². The van der Waals surface area contributed by atoms with Crippen molar-refractivity contribution < 1.29 is 20.1 Å². The van der Waals surface area contributed by atoms with Gasteiger partial charge in [0.05, 0.1) is 0 Å². The van der Waals surface area contributed by atoms with Gasteiger partial charge < -0.3 is 5.48 Å². The van der Waals surface area contributed by atoms with Crippen molar-refractivity contribution in [1.29, 1.82) is 0 Å². The lowest BCUT2D eigenvalue weighted by Crippen LogP contribution is -2.18. The molecule has 0 aromatic heterocycles. The Kier molecular flexibility index (Phi) is 3.98. The molecule has 2 amide bonds. The van der Waals surface area contributed by atoms with Gasteiger partial charge in [0.25, 0.3) is 0 Å². The molecule has 0 spiro atoms. The fourth-order valence-electron chi connectivity index (χ4n) is 0.0667. The van der Waals surface area contributed by atoms with E-state index in [4.69, 9.17) is 20.2 Å². The quantitative estimate of drug-likeness (QED) is 0.307. The summed E-state index contributed by atoms with van der Waals surface area (Å²) in [6.07, 6.45) is 0. The van der Waals surface area contributed by atoms with E-state index in [-0.39, 0.29) is 5.48 Å². The highest BCUT2D eigenvalue weighted by Crippen LogP contribution is 1.76. The summed E-state index contributed by atoms with van der Waals surface area (Å²) in [5.74, 6) is 0. The van der Waals surface area contributed by atoms with Gasteiger partial charge in [-0.1, -0.05) is 0 Å². The summed E-state index contributed by atoms with van der Waals surface area (Å²) in [5, 5.41) is 18.3. The molecular formula is CH2N2O6. The summed E-state index contributed by atoms with van der Waals surface area (Å²) in [6, 6.07) is -2.20. The molecule has 0 rings (SSSR count). The van der Waals surface area contributed by atoms with Crippen molar-refractivity contribution in [2.75, 3.05) is 0 Å². The van der Waals surface area contributed by atoms with Crippen molar-refractivity contribution in [3.63, 3.8) is 0 Å². The van der Waals surface area contributed by atoms with Crippen LogP contribution in [0.2, 0.25) is 0 Å². The van der Waals surface area contributed by atoms with Crippen molar-refractivity contribution in [1.82, 2.24) is 0 Å². The minimum absolute atomic E-state index is 0. The van der Waals surface area contributed by atoms with Crippen molar-refractivity contribution in [3.05, 3.63) is 20.2 Å². The molecule has 8 nitrogen and oxygen atoms in total. The third-order valence-corrected chi connectivity index (χ3v) is 0.312. The van der Waals surface area contributed by atoms with Crippen molar-refractivity contribution in [2.24, 2.45) is 0 Å². The Hall–Kier alpha value is -1.57. The molecular weight excluding hydrogens is 136 g/mol. The summed E-state index contributed by atoms with van der Waals surface area (Å²) in [6.45, 7) is 0. The van der Waals surface area contributed by atoms with E-state index in [2.05, 4.69) is 0 Å². The van der Waals surface area contributed by atoms with E-state index < -0.39 is 15.9 Å². The molecule has 0 aliphatic heterocycles. The molecule has 0 atom stereocenters. The Morgan fingerprint density at radius 1 is 1.11 bits per heavy atom. The van der Waals surface area contributed by atoms with Crippen molar-refractivity contribution in [2.45, 2.75) is 0 Å². The molecule has 2 N–H and O–H groups in total. The zero-order valence-corrected chi connectivity index (χ0v) is 3.94. The van der Waals surface area contributed by atoms with Crippen LogP contribution in [-0.4, -0.2) is 21.4 Å². The van der Waals surface area contributed by atoms with E-state index in [1.54, 1.807) is 0 Å². The molecule has 0 aliphatic carbocycles. The Morgan fingerprint density at radius 3 is 1.33 bits per heavy atom. The van der Waals surface area contributed by atoms with E-state index >= 15 is 0 Å². The summed E-state index contributed by atoms with van der Waals surface area (Å²) in [5.41, 5.74) is 0. The zero-order chi connectivity index (χ0) is 6.73. The standard InChI is InChI=1S/CN2O5.H2O/c4-1(2(5)6)3(7)8;/h;1H2. The molecule has 0 radical (unpaired) electrons. The molecule has 0 aromatic rings. The number of hydrogen-bond acceptors (Lipinski definition) is 5. The first-order valence-electron chi connectivity index (χ1n) is 1.38. The monoisotopic (exact) mass is 138 g/mol. The van der Waals surface area contributed by atoms with Gasteiger partial charge in [0.15, 0.2) is 9.85 Å². The molecule has 8 heteroatoms. The molecule has 0 bridgehead atoms. The smallest absolute Gasteiger partial charge is 0.412 e. The number of hydrogen-bond donors (Lipinski definition) is 0. The van der Waals surface area contributed by atoms with Crippen LogP contribution in [0.5, 0.6) is 0 Å². The average molecular weight is 138 g/mol. The van der Waals surface area contributed by atoms with Crippen LogP contribution >= 0.6 is 0 Å². The molecule has 52 valence electrons. The SMILES string of the molecule is O.O=C([N+](=O)[O-])[N+](=O)[O-]. The Bertz CT molecular complexity index is 133. The molecule has 0 saturated carbocycles. The molecule has 0 saturated heterocycles. The lowest BCUT2D eigenvalue weighted by Gasteiger charge is -1.74. The van der Waals surface area contributed by atoms with Gasteiger partial charge in [-0.3, -0.25) is 20.2 Å². The number of nitro groups is 2. The Morgan fingerprint density at radius 2 is 1.33 bits per heavy atom. The van der Waals surface area contributed by atoms with Crippen LogP contribution in [-0.2, 0) is 0 Å². The van der Waals surface area contributed by atoms with Crippen molar-refractivity contribution >= 4 is 6.03 Å². The van der Waals surface area contributed by atoms with Crippen LogP contribution in [0, 0.1) is 20.2 Å². The number of urea groups is 1. The van der Waals surface area contributed by atoms with E-state index in [0.717, 1.165) is 0 Å². The first-order chi connectivity index (χ1) is 3.55. The van der Waals surface area contributed by atoms with Gasteiger partial charge in [0.1, 0.15) is 0 Å². The molecule has 0 unspecified atom stereocenters. The van der Waals surface area contributed by atoms with Gasteiger partial charge in [-0.2, -0.15) is 0 Å². The van der Waals surface area contributed by atoms with Crippen LogP contribution in [0.3, 0.4) is 0 Å². The molecule has 0 aromatic carbocycles. The second kappa shape index (κ2) is 3.43. The van der Waals surface area contributed by atoms with Gasteiger partial charge in [-0.25, -0.2) is 0 Å². The lowest BCUT2D eigenvalue weighted by atomic mass is 11.1. The first kappa shape index (κ1) is 10.4. The largest absolute Gasteiger partial charge is 0.789 e. The number of nitrogens with zero attached hydrogens (tertiary/aromatic N) is 2. The average Bonchev–Trinajstić information content (AvgIpc) is 1.64. The number of amides is 2. The highest BCUT2D eigenvalue weighted by Gasteiger charge is 2.30. The minimum Gasteiger partial charge on any atom is -0.412 e. The predicted octanol–water partition coefficient (Wildman–Crippen LogP) is -1.16. The molecule has 0 heterocycles. The van der Waals surface area contributed by atoms with Crippen LogP contribution in [0.25, 0.3) is 0 Å². The molecule has 0 fully saturated rings. The number of carbonyl (C=O) groups excluding carboxylic acids is 1. The Labute approximate surface area is 47.7 Å². The lowest BCUT2D eigenvalue weighted by molar-refractivity contribution is -0.525. The number of carbonyl (C=O) groups is 1. The minimum atomic E-state index is -2.20. The van der Waals surface area contributed by atoms with Crippen LogP contribution in [0.4, 0.5) is 4.79 Å². The third-order valence-electron chi connectivity index (χ3n) is 0.312. The fourth-order valence-corrected chi connectivity index (χ4v) is 0.0667. The van der Waals surface area contributed by atoms with Crippen molar-refractivity contribution in [3.8, 4) is 0 Å². The van der Waals surface area contributed by atoms with Crippen LogP contribution in [0.1, 0.15) is 0 Å². The maximum absolute atomic E-state index is 9.44. The molecule has 0 aliphatic rings. The third kappa shape index (κ3) is 3.05. The Balaban J connectivity index is 0. The molecule has 9 heavy (non-hydrogen) atoms. The maximum Gasteiger partial charge on any atom is 0.789 e. The van der Waals surface area contributed by atoms with Gasteiger partial charge >= 0.3 is 6.03 Å². The normalized spacial score (nSPS) is 7.11. The summed E-state index contributed by atoms with van der Waals surface area (Å²) < 4.78 is 0. The van der Waals surface area contributed by atoms with E-state index in [0.29, 0.717) is 0 Å². The highest BCUT2D eigenvalue weighted by molar-refractivity contribution is 5.54. The summed E-state index contributed by atoms with van der Waals surface area (Å²) in [4.78, 5) is 24.6. The zero-order valence-electron chi connectivity index (χ0n) is 3.94. The van der Waals surface area contributed by atoms with Crippen LogP contribution in [0.15, 0.2) is 0 Å². The topological polar surface area (TPSA) is 135 Å². The van der Waals surface area contributed by atoms with E-state index in [1.165, 1.54) is 0 Å². The van der Waals surface area contributed by atoms with Gasteiger partial charge in [-0.05, 0) is 0 Å². The van der Waals surface area contributed by atoms with Gasteiger partial charge in [0, 0.05) is 0 Å². The summed E-state index contributed by atoms with van der Waals surface area (Å²) in [7, 11) is 0. The predicted molar refractivity (Wildman–Crippen MR) is 23.0 cm³/mol. The second-order valence-electron chi connectivity index (χ2n) is 0.797. The summed E-state index contributed by atoms with van der Waals surface area (Å²) >= 11 is 0. The van der Waals surface area contributed by atoms with Gasteiger partial charge in [0.2, 0.25) is 0 Å².